The van der Waals surface area contributed by atoms with Gasteiger partial charge < -0.3 is 9.36 Å². The summed E-state index contributed by atoms with van der Waals surface area (Å²) < 4.78 is 2.31. The number of hydrogen-bond acceptors (Lipinski definition) is 1. The Kier molecular flexibility index (Phi) is 4.40. The monoisotopic (exact) mass is 339 g/mol. The van der Waals surface area contributed by atoms with E-state index in [1.807, 2.05) is 13.0 Å². The van der Waals surface area contributed by atoms with E-state index in [0.29, 0.717) is 6.42 Å². The Morgan fingerprint density at radius 3 is 2.58 bits per heavy atom. The molecule has 0 unspecified atom stereocenters. The molecule has 4 aromatic rings. The SMILES string of the molecule is C/C=C/c1cc2c3ccccc3ccc2n1-c1ccccc1CCC=O. The zero-order valence-corrected chi connectivity index (χ0v) is 14.9. The third-order valence-corrected chi connectivity index (χ3v) is 4.84. The molecule has 0 atom stereocenters. The number of fused-ring (bicyclic) bond motifs is 3. The summed E-state index contributed by atoms with van der Waals surface area (Å²) in [6.45, 7) is 2.04. The van der Waals surface area contributed by atoms with Crippen molar-refractivity contribution in [3.05, 3.63) is 84.1 Å². The maximum Gasteiger partial charge on any atom is 0.120 e. The second-order valence-electron chi connectivity index (χ2n) is 6.46. The first-order valence-electron chi connectivity index (χ1n) is 9.01. The number of aryl methyl sites for hydroxylation is 1. The number of aldehydes is 1. The van der Waals surface area contributed by atoms with E-state index in [2.05, 4.69) is 77.4 Å². The van der Waals surface area contributed by atoms with Crippen LogP contribution in [0.1, 0.15) is 24.6 Å². The van der Waals surface area contributed by atoms with Crippen LogP contribution in [0.4, 0.5) is 0 Å². The van der Waals surface area contributed by atoms with Gasteiger partial charge in [-0.15, -0.1) is 0 Å². The Balaban J connectivity index is 2.04. The van der Waals surface area contributed by atoms with Crippen LogP contribution in [0, 0.1) is 0 Å². The molecule has 0 saturated carbocycles. The highest BCUT2D eigenvalue weighted by Crippen LogP contribution is 2.32. The largest absolute Gasteiger partial charge is 0.310 e. The topological polar surface area (TPSA) is 22.0 Å². The van der Waals surface area contributed by atoms with Crippen molar-refractivity contribution in [2.24, 2.45) is 0 Å². The van der Waals surface area contributed by atoms with E-state index in [9.17, 15) is 4.79 Å². The summed E-state index contributed by atoms with van der Waals surface area (Å²) in [6, 6.07) is 23.5. The second kappa shape index (κ2) is 7.01. The fraction of sp³-hybridized carbons (Fsp3) is 0.125. The molecule has 0 aliphatic carbocycles. The Bertz CT molecular complexity index is 1120. The predicted molar refractivity (Wildman–Crippen MR) is 110 cm³/mol. The van der Waals surface area contributed by atoms with Crippen LogP contribution in [-0.2, 0) is 11.2 Å². The highest BCUT2D eigenvalue weighted by atomic mass is 16.1. The molecule has 0 bridgehead atoms. The van der Waals surface area contributed by atoms with Gasteiger partial charge in [-0.3, -0.25) is 0 Å². The fourth-order valence-electron chi connectivity index (χ4n) is 3.70. The molecule has 0 fully saturated rings. The van der Waals surface area contributed by atoms with Gasteiger partial charge in [0, 0.05) is 23.2 Å². The van der Waals surface area contributed by atoms with Crippen molar-refractivity contribution in [3.8, 4) is 5.69 Å². The van der Waals surface area contributed by atoms with Crippen LogP contribution < -0.4 is 0 Å². The van der Waals surface area contributed by atoms with E-state index < -0.39 is 0 Å². The predicted octanol–water partition coefficient (Wildman–Crippen LogP) is 5.95. The molecule has 1 aromatic heterocycles. The Morgan fingerprint density at radius 1 is 0.923 bits per heavy atom. The van der Waals surface area contributed by atoms with Gasteiger partial charge in [0.05, 0.1) is 5.52 Å². The van der Waals surface area contributed by atoms with Crippen LogP contribution >= 0.6 is 0 Å². The van der Waals surface area contributed by atoms with Crippen molar-refractivity contribution in [2.75, 3.05) is 0 Å². The third kappa shape index (κ3) is 2.74. The molecule has 0 radical (unpaired) electrons. The lowest BCUT2D eigenvalue weighted by molar-refractivity contribution is -0.107. The highest BCUT2D eigenvalue weighted by molar-refractivity contribution is 6.08. The third-order valence-electron chi connectivity index (χ3n) is 4.84. The second-order valence-corrected chi connectivity index (χ2v) is 6.46. The summed E-state index contributed by atoms with van der Waals surface area (Å²) in [5.41, 5.74) is 4.68. The van der Waals surface area contributed by atoms with E-state index >= 15 is 0 Å². The standard InChI is InChI=1S/C24H21NO/c1-2-8-20-17-22-21-12-5-3-9-18(21)14-15-24(22)25(20)23-13-6-4-10-19(23)11-7-16-26/h2-6,8-10,12-17H,7,11H2,1H3/b8-2+. The molecular weight excluding hydrogens is 318 g/mol. The molecule has 2 heteroatoms. The molecule has 0 amide bonds. The lowest BCUT2D eigenvalue weighted by atomic mass is 10.1. The van der Waals surface area contributed by atoms with Crippen LogP contribution in [0.2, 0.25) is 0 Å². The number of nitrogens with zero attached hydrogens (tertiary/aromatic N) is 1. The van der Waals surface area contributed by atoms with Crippen molar-refractivity contribution in [1.29, 1.82) is 0 Å². The molecule has 1 heterocycles. The molecule has 26 heavy (non-hydrogen) atoms. The maximum absolute atomic E-state index is 10.9. The highest BCUT2D eigenvalue weighted by Gasteiger charge is 2.13. The van der Waals surface area contributed by atoms with Gasteiger partial charge in [-0.25, -0.2) is 0 Å². The quantitative estimate of drug-likeness (QED) is 0.412. The molecule has 128 valence electrons. The molecule has 0 N–H and O–H groups in total. The zero-order valence-electron chi connectivity index (χ0n) is 14.9. The van der Waals surface area contributed by atoms with E-state index in [-0.39, 0.29) is 0 Å². The number of benzene rings is 3. The van der Waals surface area contributed by atoms with Crippen LogP contribution in [0.15, 0.2) is 72.8 Å². The van der Waals surface area contributed by atoms with Gasteiger partial charge in [0.15, 0.2) is 0 Å². The number of allylic oxidation sites excluding steroid dienone is 1. The molecular formula is C24H21NO. The first-order chi connectivity index (χ1) is 12.8. The normalized spacial score (nSPS) is 11.6. The summed E-state index contributed by atoms with van der Waals surface area (Å²) in [7, 11) is 0. The number of aromatic nitrogens is 1. The van der Waals surface area contributed by atoms with Gasteiger partial charge in [-0.1, -0.05) is 54.6 Å². The van der Waals surface area contributed by atoms with Crippen molar-refractivity contribution < 1.29 is 4.79 Å². The van der Waals surface area contributed by atoms with Gasteiger partial charge in [-0.05, 0) is 54.0 Å². The number of para-hydroxylation sites is 1. The van der Waals surface area contributed by atoms with Crippen molar-refractivity contribution in [1.82, 2.24) is 4.57 Å². The summed E-state index contributed by atoms with van der Waals surface area (Å²) >= 11 is 0. The average Bonchev–Trinajstić information content (AvgIpc) is 3.05. The van der Waals surface area contributed by atoms with Crippen molar-refractivity contribution in [3.63, 3.8) is 0 Å². The molecule has 4 rings (SSSR count). The zero-order chi connectivity index (χ0) is 17.9. The molecule has 0 aliphatic rings. The van der Waals surface area contributed by atoms with Crippen LogP contribution in [-0.4, -0.2) is 10.9 Å². The smallest absolute Gasteiger partial charge is 0.120 e. The summed E-state index contributed by atoms with van der Waals surface area (Å²) in [6.07, 6.45) is 6.50. The number of hydrogen-bond donors (Lipinski definition) is 0. The van der Waals surface area contributed by atoms with E-state index in [1.54, 1.807) is 0 Å². The van der Waals surface area contributed by atoms with Crippen molar-refractivity contribution >= 4 is 34.0 Å². The fourth-order valence-corrected chi connectivity index (χ4v) is 3.70. The van der Waals surface area contributed by atoms with Crippen LogP contribution in [0.25, 0.3) is 33.4 Å². The van der Waals surface area contributed by atoms with Crippen LogP contribution in [0.3, 0.4) is 0 Å². The Labute approximate surface area is 153 Å². The van der Waals surface area contributed by atoms with Gasteiger partial charge in [0.1, 0.15) is 6.29 Å². The van der Waals surface area contributed by atoms with E-state index in [1.165, 1.54) is 27.2 Å². The number of carbonyl (C=O) groups excluding carboxylic acids is 1. The molecule has 0 spiro atoms. The van der Waals surface area contributed by atoms with Gasteiger partial charge in [0.2, 0.25) is 0 Å². The number of rotatable bonds is 5. The summed E-state index contributed by atoms with van der Waals surface area (Å²) in [5.74, 6) is 0. The summed E-state index contributed by atoms with van der Waals surface area (Å²) in [5, 5.41) is 3.76. The molecule has 3 aromatic carbocycles. The minimum absolute atomic E-state index is 0.540. The average molecular weight is 339 g/mol. The molecule has 0 saturated heterocycles. The van der Waals surface area contributed by atoms with Gasteiger partial charge in [-0.2, -0.15) is 0 Å². The van der Waals surface area contributed by atoms with Gasteiger partial charge >= 0.3 is 0 Å². The van der Waals surface area contributed by atoms with E-state index in [4.69, 9.17) is 0 Å². The lowest BCUT2D eigenvalue weighted by Gasteiger charge is -2.14. The van der Waals surface area contributed by atoms with E-state index in [0.717, 1.165) is 24.1 Å². The molecule has 2 nitrogen and oxygen atoms in total. The summed E-state index contributed by atoms with van der Waals surface area (Å²) in [4.78, 5) is 10.9. The Hall–Kier alpha value is -3.13. The minimum atomic E-state index is 0.540. The molecule has 0 aliphatic heterocycles. The maximum atomic E-state index is 10.9. The first-order valence-corrected chi connectivity index (χ1v) is 9.01. The van der Waals surface area contributed by atoms with Gasteiger partial charge in [0.25, 0.3) is 0 Å². The minimum Gasteiger partial charge on any atom is -0.310 e. The Morgan fingerprint density at radius 2 is 1.73 bits per heavy atom. The number of carbonyl (C=O) groups is 1. The van der Waals surface area contributed by atoms with Crippen molar-refractivity contribution in [2.45, 2.75) is 19.8 Å². The first kappa shape index (κ1) is 16.3. The lowest BCUT2D eigenvalue weighted by Crippen LogP contribution is -2.01. The van der Waals surface area contributed by atoms with Crippen LogP contribution in [0.5, 0.6) is 0 Å².